The second-order valence-electron chi connectivity index (χ2n) is 7.99. The third kappa shape index (κ3) is 7.59. The Bertz CT molecular complexity index is 1210. The van der Waals surface area contributed by atoms with Crippen molar-refractivity contribution in [2.75, 3.05) is 18.5 Å². The summed E-state index contributed by atoms with van der Waals surface area (Å²) < 4.78 is 17.2. The smallest absolute Gasteiger partial charge is 0.347 e. The van der Waals surface area contributed by atoms with Gasteiger partial charge in [-0.05, 0) is 30.2 Å². The van der Waals surface area contributed by atoms with Gasteiger partial charge >= 0.3 is 17.9 Å². The van der Waals surface area contributed by atoms with Crippen LogP contribution in [0.5, 0.6) is 17.2 Å². The first kappa shape index (κ1) is 26.8. The molecule has 1 atom stereocenters. The van der Waals surface area contributed by atoms with Crippen molar-refractivity contribution >= 4 is 35.5 Å². The third-order valence-corrected chi connectivity index (χ3v) is 5.17. The summed E-state index contributed by atoms with van der Waals surface area (Å²) in [6, 6.07) is 7.83. The maximum Gasteiger partial charge on any atom is 0.347 e. The van der Waals surface area contributed by atoms with Gasteiger partial charge in [-0.15, -0.1) is 0 Å². The predicted molar refractivity (Wildman–Crippen MR) is 129 cm³/mol. The number of para-hydroxylation sites is 1. The van der Waals surface area contributed by atoms with Gasteiger partial charge < -0.3 is 40.8 Å². The van der Waals surface area contributed by atoms with Gasteiger partial charge in [-0.3, -0.25) is 15.0 Å². The number of carbonyl (C=O) groups excluding carboxylic acids is 2. The van der Waals surface area contributed by atoms with E-state index in [2.05, 4.69) is 10.6 Å². The first-order valence-corrected chi connectivity index (χ1v) is 11.2. The van der Waals surface area contributed by atoms with E-state index in [-0.39, 0.29) is 54.8 Å². The Balaban J connectivity index is 1.79. The van der Waals surface area contributed by atoms with Gasteiger partial charge in [0.25, 0.3) is 0 Å². The SMILES string of the molecule is N=C(N)Nc1ccc2c(c1)OCCCOc1c(CCC(=O)N[C@@H](CC(=O)O)C(=O)O)cccc1OC2=O. The molecule has 0 radical (unpaired) electrons. The van der Waals surface area contributed by atoms with Gasteiger partial charge in [0.2, 0.25) is 5.91 Å². The fourth-order valence-corrected chi connectivity index (χ4v) is 3.51. The van der Waals surface area contributed by atoms with Gasteiger partial charge in [-0.1, -0.05) is 12.1 Å². The Kier molecular flexibility index (Phi) is 8.86. The number of anilines is 1. The van der Waals surface area contributed by atoms with E-state index in [0.29, 0.717) is 17.7 Å². The molecule has 1 amide bonds. The minimum Gasteiger partial charge on any atom is -0.492 e. The van der Waals surface area contributed by atoms with E-state index in [1.54, 1.807) is 18.2 Å². The fourth-order valence-electron chi connectivity index (χ4n) is 3.51. The fraction of sp³-hybridized carbons (Fsp3) is 0.292. The summed E-state index contributed by atoms with van der Waals surface area (Å²) in [5, 5.41) is 30.1. The van der Waals surface area contributed by atoms with E-state index in [9.17, 15) is 19.2 Å². The number of aliphatic carboxylic acids is 2. The number of nitrogens with two attached hydrogens (primary N) is 1. The summed E-state index contributed by atoms with van der Waals surface area (Å²) in [5.41, 5.74) is 6.50. The molecule has 1 heterocycles. The van der Waals surface area contributed by atoms with Crippen molar-refractivity contribution in [1.29, 1.82) is 5.41 Å². The van der Waals surface area contributed by atoms with Crippen LogP contribution in [-0.2, 0) is 20.8 Å². The molecule has 0 aliphatic carbocycles. The normalized spacial score (nSPS) is 13.7. The Labute approximate surface area is 211 Å². The minimum atomic E-state index is -1.55. The van der Waals surface area contributed by atoms with E-state index < -0.39 is 36.3 Å². The van der Waals surface area contributed by atoms with E-state index in [1.807, 2.05) is 0 Å². The minimum absolute atomic E-state index is 0.110. The number of esters is 1. The molecular formula is C24H26N4O9. The summed E-state index contributed by atoms with van der Waals surface area (Å²) in [5.74, 6) is -3.84. The average Bonchev–Trinajstić information content (AvgIpc) is 2.85. The molecule has 0 fully saturated rings. The number of benzene rings is 2. The van der Waals surface area contributed by atoms with Crippen molar-refractivity contribution < 1.29 is 43.6 Å². The molecule has 0 saturated heterocycles. The van der Waals surface area contributed by atoms with Crippen molar-refractivity contribution in [2.45, 2.75) is 31.7 Å². The second kappa shape index (κ2) is 12.2. The van der Waals surface area contributed by atoms with Crippen LogP contribution < -0.4 is 30.6 Å². The topological polar surface area (TPSA) is 210 Å². The first-order chi connectivity index (χ1) is 17.6. The largest absolute Gasteiger partial charge is 0.492 e. The summed E-state index contributed by atoms with van der Waals surface area (Å²) in [7, 11) is 0. The lowest BCUT2D eigenvalue weighted by Crippen LogP contribution is -2.42. The number of rotatable bonds is 8. The predicted octanol–water partition coefficient (Wildman–Crippen LogP) is 1.35. The van der Waals surface area contributed by atoms with Crippen LogP contribution in [0, 0.1) is 5.41 Å². The molecule has 7 N–H and O–H groups in total. The molecule has 1 aliphatic heterocycles. The summed E-state index contributed by atoms with van der Waals surface area (Å²) in [6.07, 6.45) is -0.355. The molecule has 2 aromatic carbocycles. The van der Waals surface area contributed by atoms with Crippen LogP contribution in [0.3, 0.4) is 0 Å². The van der Waals surface area contributed by atoms with Crippen LogP contribution in [0.2, 0.25) is 0 Å². The molecule has 13 nitrogen and oxygen atoms in total. The van der Waals surface area contributed by atoms with Crippen molar-refractivity contribution in [2.24, 2.45) is 5.73 Å². The second-order valence-corrected chi connectivity index (χ2v) is 7.99. The van der Waals surface area contributed by atoms with Crippen LogP contribution in [0.25, 0.3) is 0 Å². The highest BCUT2D eigenvalue weighted by Gasteiger charge is 2.24. The molecule has 196 valence electrons. The molecule has 0 aromatic heterocycles. The van der Waals surface area contributed by atoms with Crippen molar-refractivity contribution in [3.8, 4) is 17.2 Å². The summed E-state index contributed by atoms with van der Waals surface area (Å²) in [6.45, 7) is 0.415. The average molecular weight is 514 g/mol. The number of aryl methyl sites for hydroxylation is 1. The molecular weight excluding hydrogens is 488 g/mol. The van der Waals surface area contributed by atoms with Gasteiger partial charge in [-0.2, -0.15) is 0 Å². The molecule has 1 aliphatic rings. The molecule has 0 saturated carbocycles. The first-order valence-electron chi connectivity index (χ1n) is 11.2. The Morgan fingerprint density at radius 2 is 1.84 bits per heavy atom. The number of guanidine groups is 1. The van der Waals surface area contributed by atoms with Crippen molar-refractivity contribution in [3.63, 3.8) is 0 Å². The quantitative estimate of drug-likeness (QED) is 0.128. The number of carboxylic acid groups (broad SMARTS) is 2. The number of amides is 1. The Hall–Kier alpha value is -4.81. The molecule has 3 rings (SSSR count). The molecule has 13 heteroatoms. The number of hydrogen-bond donors (Lipinski definition) is 6. The molecule has 0 unspecified atom stereocenters. The zero-order valence-electron chi connectivity index (χ0n) is 19.6. The summed E-state index contributed by atoms with van der Waals surface area (Å²) in [4.78, 5) is 47.3. The van der Waals surface area contributed by atoms with Gasteiger partial charge in [0.15, 0.2) is 17.5 Å². The van der Waals surface area contributed by atoms with E-state index >= 15 is 0 Å². The van der Waals surface area contributed by atoms with Crippen LogP contribution in [0.4, 0.5) is 5.69 Å². The van der Waals surface area contributed by atoms with Crippen LogP contribution in [-0.4, -0.2) is 59.2 Å². The number of carboxylic acids is 2. The van der Waals surface area contributed by atoms with Gasteiger partial charge in [0, 0.05) is 24.6 Å². The van der Waals surface area contributed by atoms with Gasteiger partial charge in [-0.25, -0.2) is 9.59 Å². The number of fused-ring (bicyclic) bond motifs is 2. The monoisotopic (exact) mass is 514 g/mol. The molecule has 0 spiro atoms. The van der Waals surface area contributed by atoms with Gasteiger partial charge in [0.1, 0.15) is 17.4 Å². The van der Waals surface area contributed by atoms with E-state index in [0.717, 1.165) is 0 Å². The van der Waals surface area contributed by atoms with Crippen LogP contribution >= 0.6 is 0 Å². The lowest BCUT2D eigenvalue weighted by molar-refractivity contribution is -0.147. The Morgan fingerprint density at radius 1 is 1.08 bits per heavy atom. The van der Waals surface area contributed by atoms with Crippen molar-refractivity contribution in [3.05, 3.63) is 47.5 Å². The standard InChI is InChI=1S/C24H26N4O9/c25-24(26)27-14-6-7-15-18(11-14)35-9-2-10-36-21-13(3-1-4-17(21)37-23(15)34)5-8-19(29)28-16(22(32)33)12-20(30)31/h1,3-4,6-7,11,16H,2,5,8-10,12H2,(H,28,29)(H,30,31)(H,32,33)(H4,25,26,27)/t16-/m0/s1. The van der Waals surface area contributed by atoms with Gasteiger partial charge in [0.05, 0.1) is 19.6 Å². The van der Waals surface area contributed by atoms with Crippen molar-refractivity contribution in [1.82, 2.24) is 5.32 Å². The maximum atomic E-state index is 13.0. The number of hydrogen-bond acceptors (Lipinski definition) is 8. The van der Waals surface area contributed by atoms with E-state index in [4.69, 9.17) is 35.6 Å². The molecule has 37 heavy (non-hydrogen) atoms. The highest BCUT2D eigenvalue weighted by molar-refractivity contribution is 5.96. The third-order valence-electron chi connectivity index (χ3n) is 5.17. The summed E-state index contributed by atoms with van der Waals surface area (Å²) >= 11 is 0. The van der Waals surface area contributed by atoms with Crippen LogP contribution in [0.1, 0.15) is 35.2 Å². The zero-order valence-corrected chi connectivity index (χ0v) is 19.6. The lowest BCUT2D eigenvalue weighted by Gasteiger charge is -2.16. The number of carbonyl (C=O) groups is 4. The highest BCUT2D eigenvalue weighted by Crippen LogP contribution is 2.34. The number of ether oxygens (including phenoxy) is 3. The lowest BCUT2D eigenvalue weighted by atomic mass is 10.1. The van der Waals surface area contributed by atoms with E-state index in [1.165, 1.54) is 18.2 Å². The molecule has 2 aromatic rings. The Morgan fingerprint density at radius 3 is 2.54 bits per heavy atom. The highest BCUT2D eigenvalue weighted by atomic mass is 16.6. The maximum absolute atomic E-state index is 13.0. The van der Waals surface area contributed by atoms with Crippen LogP contribution in [0.15, 0.2) is 36.4 Å². The zero-order chi connectivity index (χ0) is 26.9. The number of nitrogens with one attached hydrogen (secondary N) is 3. The molecule has 0 bridgehead atoms.